The van der Waals surface area contributed by atoms with Gasteiger partial charge in [-0.2, -0.15) is 0 Å². The minimum atomic E-state index is -1.06. The highest BCUT2D eigenvalue weighted by atomic mass is 35.5. The van der Waals surface area contributed by atoms with Crippen LogP contribution in [0.4, 0.5) is 5.82 Å². The van der Waals surface area contributed by atoms with Gasteiger partial charge < -0.3 is 10.4 Å². The molecule has 0 unspecified atom stereocenters. The molecule has 0 atom stereocenters. The largest absolute Gasteiger partial charge is 0.478 e. The molecule has 19 heavy (non-hydrogen) atoms. The van der Waals surface area contributed by atoms with Crippen molar-refractivity contribution in [2.24, 2.45) is 0 Å². The van der Waals surface area contributed by atoms with Gasteiger partial charge in [0.1, 0.15) is 5.82 Å². The van der Waals surface area contributed by atoms with E-state index in [-0.39, 0.29) is 10.6 Å². The zero-order valence-electron chi connectivity index (χ0n) is 10.1. The third-order valence-corrected chi connectivity index (χ3v) is 2.65. The lowest BCUT2D eigenvalue weighted by atomic mass is 10.3. The van der Waals surface area contributed by atoms with Gasteiger partial charge in [0, 0.05) is 12.4 Å². The fourth-order valence-electron chi connectivity index (χ4n) is 1.37. The molecule has 0 saturated heterocycles. The number of aromatic carboxylic acids is 1. The molecule has 0 aromatic carbocycles. The normalized spacial score (nSPS) is 10.2. The zero-order chi connectivity index (χ0) is 13.8. The Balaban J connectivity index is 2.07. The molecule has 0 amide bonds. The van der Waals surface area contributed by atoms with Crippen molar-refractivity contribution in [3.8, 4) is 0 Å². The molecule has 0 fully saturated rings. The Morgan fingerprint density at radius 3 is 2.68 bits per heavy atom. The molecule has 2 aromatic heterocycles. The quantitative estimate of drug-likeness (QED) is 0.891. The fourth-order valence-corrected chi connectivity index (χ4v) is 1.60. The summed E-state index contributed by atoms with van der Waals surface area (Å²) in [6, 6.07) is 1.35. The van der Waals surface area contributed by atoms with Crippen molar-refractivity contribution in [3.63, 3.8) is 0 Å². The van der Waals surface area contributed by atoms with E-state index in [1.165, 1.54) is 12.3 Å². The first-order valence-electron chi connectivity index (χ1n) is 5.46. The summed E-state index contributed by atoms with van der Waals surface area (Å²) in [7, 11) is 0. The Morgan fingerprint density at radius 2 is 2.11 bits per heavy atom. The number of pyridine rings is 1. The predicted octanol–water partition coefficient (Wildman–Crippen LogP) is 2.14. The van der Waals surface area contributed by atoms with Gasteiger partial charge in [-0.3, -0.25) is 9.97 Å². The molecule has 2 heterocycles. The van der Waals surface area contributed by atoms with Gasteiger partial charge in [-0.1, -0.05) is 11.6 Å². The average molecular weight is 279 g/mol. The Bertz CT molecular complexity index is 601. The van der Waals surface area contributed by atoms with Gasteiger partial charge in [-0.25, -0.2) is 9.78 Å². The predicted molar refractivity (Wildman–Crippen MR) is 70.3 cm³/mol. The van der Waals surface area contributed by atoms with E-state index in [9.17, 15) is 4.79 Å². The van der Waals surface area contributed by atoms with E-state index < -0.39 is 5.97 Å². The van der Waals surface area contributed by atoms with Gasteiger partial charge in [-0.05, 0) is 13.0 Å². The number of nitrogens with one attached hydrogen (secondary N) is 1. The summed E-state index contributed by atoms with van der Waals surface area (Å²) in [5, 5.41) is 12.0. The van der Waals surface area contributed by atoms with Crippen LogP contribution in [0.15, 0.2) is 24.7 Å². The molecule has 0 aliphatic rings. The lowest BCUT2D eigenvalue weighted by molar-refractivity contribution is 0.0696. The zero-order valence-corrected chi connectivity index (χ0v) is 10.8. The second-order valence-corrected chi connectivity index (χ2v) is 4.27. The summed E-state index contributed by atoms with van der Waals surface area (Å²) >= 11 is 5.94. The molecule has 98 valence electrons. The number of anilines is 1. The molecule has 0 aliphatic carbocycles. The van der Waals surface area contributed by atoms with Crippen molar-refractivity contribution in [2.45, 2.75) is 13.5 Å². The maximum atomic E-state index is 10.7. The number of aromatic nitrogens is 3. The Kier molecular flexibility index (Phi) is 3.91. The summed E-state index contributed by atoms with van der Waals surface area (Å²) in [4.78, 5) is 23.0. The molecule has 6 nitrogen and oxygen atoms in total. The molecule has 0 aliphatic heterocycles. The van der Waals surface area contributed by atoms with Crippen molar-refractivity contribution < 1.29 is 9.90 Å². The first-order chi connectivity index (χ1) is 9.06. The van der Waals surface area contributed by atoms with Crippen LogP contribution >= 0.6 is 11.6 Å². The second kappa shape index (κ2) is 5.62. The lowest BCUT2D eigenvalue weighted by Gasteiger charge is -2.07. The number of carboxylic acids is 1. The van der Waals surface area contributed by atoms with Crippen LogP contribution in [0.5, 0.6) is 0 Å². The van der Waals surface area contributed by atoms with Gasteiger partial charge in [0.2, 0.25) is 0 Å². The number of aryl methyl sites for hydroxylation is 1. The van der Waals surface area contributed by atoms with E-state index >= 15 is 0 Å². The fraction of sp³-hybridized carbons (Fsp3) is 0.167. The van der Waals surface area contributed by atoms with Crippen LogP contribution < -0.4 is 5.32 Å². The minimum absolute atomic E-state index is 0.0469. The molecule has 2 rings (SSSR count). The third-order valence-electron chi connectivity index (χ3n) is 2.36. The lowest BCUT2D eigenvalue weighted by Crippen LogP contribution is -2.06. The molecule has 0 spiro atoms. The van der Waals surface area contributed by atoms with Crippen molar-refractivity contribution in [2.75, 3.05) is 5.32 Å². The van der Waals surface area contributed by atoms with E-state index in [0.29, 0.717) is 12.4 Å². The van der Waals surface area contributed by atoms with Gasteiger partial charge in [0.05, 0.1) is 34.7 Å². The van der Waals surface area contributed by atoms with Crippen molar-refractivity contribution in [3.05, 3.63) is 46.6 Å². The Hall–Kier alpha value is -2.21. The minimum Gasteiger partial charge on any atom is -0.478 e. The number of nitrogens with zero attached hydrogens (tertiary/aromatic N) is 3. The number of halogens is 1. The molecule has 2 aromatic rings. The van der Waals surface area contributed by atoms with Crippen molar-refractivity contribution in [1.82, 2.24) is 15.0 Å². The van der Waals surface area contributed by atoms with Gasteiger partial charge >= 0.3 is 5.97 Å². The third kappa shape index (κ3) is 3.38. The van der Waals surface area contributed by atoms with Crippen LogP contribution in [0.1, 0.15) is 21.7 Å². The highest BCUT2D eigenvalue weighted by molar-refractivity contribution is 6.33. The number of carboxylic acid groups (broad SMARTS) is 1. The summed E-state index contributed by atoms with van der Waals surface area (Å²) in [6.07, 6.45) is 4.57. The van der Waals surface area contributed by atoms with Crippen LogP contribution in [0, 0.1) is 6.92 Å². The number of hydrogen-bond acceptors (Lipinski definition) is 5. The maximum absolute atomic E-state index is 10.7. The molecule has 0 bridgehead atoms. The standard InChI is InChI=1S/C12H11ClN4O2/c1-7-3-15-9(5-14-7)6-17-11-10(13)2-8(4-16-11)12(18)19/h2-5H,6H2,1H3,(H,16,17)(H,18,19). The second-order valence-electron chi connectivity index (χ2n) is 3.86. The van der Waals surface area contributed by atoms with Crippen LogP contribution in [0.2, 0.25) is 5.02 Å². The molecule has 7 heteroatoms. The Morgan fingerprint density at radius 1 is 1.32 bits per heavy atom. The summed E-state index contributed by atoms with van der Waals surface area (Å²) in [6.45, 7) is 2.26. The molecule has 2 N–H and O–H groups in total. The molecular formula is C12H11ClN4O2. The van der Waals surface area contributed by atoms with Crippen molar-refractivity contribution >= 4 is 23.4 Å². The molecule has 0 saturated carbocycles. The molecule has 0 radical (unpaired) electrons. The number of carbonyl (C=O) groups is 1. The van der Waals surface area contributed by atoms with E-state index in [1.54, 1.807) is 12.4 Å². The van der Waals surface area contributed by atoms with Gasteiger partial charge in [0.15, 0.2) is 0 Å². The van der Waals surface area contributed by atoms with E-state index in [4.69, 9.17) is 16.7 Å². The highest BCUT2D eigenvalue weighted by Crippen LogP contribution is 2.20. The van der Waals surface area contributed by atoms with Crippen LogP contribution in [-0.2, 0) is 6.54 Å². The average Bonchev–Trinajstić information content (AvgIpc) is 2.39. The van der Waals surface area contributed by atoms with Crippen LogP contribution in [0.3, 0.4) is 0 Å². The van der Waals surface area contributed by atoms with Gasteiger partial charge in [0.25, 0.3) is 0 Å². The smallest absolute Gasteiger partial charge is 0.337 e. The Labute approximate surface area is 114 Å². The van der Waals surface area contributed by atoms with E-state index in [2.05, 4.69) is 20.3 Å². The monoisotopic (exact) mass is 278 g/mol. The maximum Gasteiger partial charge on any atom is 0.337 e. The number of rotatable bonds is 4. The van der Waals surface area contributed by atoms with Crippen LogP contribution in [-0.4, -0.2) is 26.0 Å². The first-order valence-corrected chi connectivity index (χ1v) is 5.84. The van der Waals surface area contributed by atoms with Gasteiger partial charge in [-0.15, -0.1) is 0 Å². The topological polar surface area (TPSA) is 88.0 Å². The summed E-state index contributed by atoms with van der Waals surface area (Å²) in [5.74, 6) is -0.653. The summed E-state index contributed by atoms with van der Waals surface area (Å²) in [5.41, 5.74) is 1.63. The highest BCUT2D eigenvalue weighted by Gasteiger charge is 2.08. The summed E-state index contributed by atoms with van der Waals surface area (Å²) < 4.78 is 0. The number of hydrogen-bond donors (Lipinski definition) is 2. The van der Waals surface area contributed by atoms with E-state index in [1.807, 2.05) is 6.92 Å². The first kappa shape index (κ1) is 13.2. The van der Waals surface area contributed by atoms with Crippen LogP contribution in [0.25, 0.3) is 0 Å². The van der Waals surface area contributed by atoms with Crippen molar-refractivity contribution in [1.29, 1.82) is 0 Å². The SMILES string of the molecule is Cc1cnc(CNc2ncc(C(=O)O)cc2Cl)cn1. The van der Waals surface area contributed by atoms with E-state index in [0.717, 1.165) is 11.4 Å². The molecular weight excluding hydrogens is 268 g/mol.